The molecular weight excluding hydrogens is 128 g/mol. The molecule has 58 valence electrons. The first-order valence-corrected chi connectivity index (χ1v) is 3.65. The van der Waals surface area contributed by atoms with Gasteiger partial charge in [-0.3, -0.25) is 4.79 Å². The van der Waals surface area contributed by atoms with Gasteiger partial charge in [-0.05, 0) is 13.5 Å². The molecule has 3 heteroatoms. The zero-order valence-electron chi connectivity index (χ0n) is 6.55. The van der Waals surface area contributed by atoms with Crippen LogP contribution in [0.5, 0.6) is 0 Å². The first kappa shape index (κ1) is 7.54. The van der Waals surface area contributed by atoms with E-state index in [1.165, 1.54) is 0 Å². The largest absolute Gasteiger partial charge is 0.344 e. The molecule has 1 aliphatic heterocycles. The van der Waals surface area contributed by atoms with Gasteiger partial charge in [-0.2, -0.15) is 0 Å². The quantitative estimate of drug-likeness (QED) is 0.551. The van der Waals surface area contributed by atoms with Gasteiger partial charge in [0.05, 0.1) is 0 Å². The van der Waals surface area contributed by atoms with E-state index in [0.717, 1.165) is 13.0 Å². The average molecular weight is 142 g/mol. The molecule has 1 fully saturated rings. The van der Waals surface area contributed by atoms with Gasteiger partial charge in [0.15, 0.2) is 0 Å². The van der Waals surface area contributed by atoms with Crippen LogP contribution in [0.3, 0.4) is 0 Å². The maximum absolute atomic E-state index is 11.0. The van der Waals surface area contributed by atoms with Crippen LogP contribution < -0.4 is 5.32 Å². The number of carbonyl (C=O) groups is 1. The number of hydrogen-bond donors (Lipinski definition) is 1. The Hall–Kier alpha value is -0.570. The molecule has 0 spiro atoms. The number of likely N-dealkylation sites (N-methyl/N-ethyl adjacent to an activating group) is 2. The van der Waals surface area contributed by atoms with Crippen molar-refractivity contribution in [1.29, 1.82) is 0 Å². The molecule has 1 saturated heterocycles. The minimum Gasteiger partial charge on any atom is -0.344 e. The number of rotatable bonds is 1. The maximum Gasteiger partial charge on any atom is 0.222 e. The van der Waals surface area contributed by atoms with Gasteiger partial charge < -0.3 is 10.2 Å². The SMILES string of the molecule is CN[C@@H]1CCC(=O)N(C)C1. The van der Waals surface area contributed by atoms with Gasteiger partial charge in [0.25, 0.3) is 0 Å². The van der Waals surface area contributed by atoms with Gasteiger partial charge in [-0.25, -0.2) is 0 Å². The van der Waals surface area contributed by atoms with Crippen LogP contribution in [0.15, 0.2) is 0 Å². The Morgan fingerprint density at radius 1 is 1.70 bits per heavy atom. The third kappa shape index (κ3) is 1.48. The van der Waals surface area contributed by atoms with Gasteiger partial charge in [-0.15, -0.1) is 0 Å². The van der Waals surface area contributed by atoms with E-state index in [0.29, 0.717) is 12.5 Å². The number of piperidine rings is 1. The van der Waals surface area contributed by atoms with Crippen LogP contribution in [0.1, 0.15) is 12.8 Å². The highest BCUT2D eigenvalue weighted by atomic mass is 16.2. The second kappa shape index (κ2) is 3.01. The Morgan fingerprint density at radius 2 is 2.40 bits per heavy atom. The van der Waals surface area contributed by atoms with Gasteiger partial charge in [-0.1, -0.05) is 0 Å². The fourth-order valence-electron chi connectivity index (χ4n) is 1.25. The van der Waals surface area contributed by atoms with Crippen LogP contribution in [0.25, 0.3) is 0 Å². The van der Waals surface area contributed by atoms with Crippen LogP contribution in [0.2, 0.25) is 0 Å². The number of amides is 1. The fraction of sp³-hybridized carbons (Fsp3) is 0.857. The monoisotopic (exact) mass is 142 g/mol. The van der Waals surface area contributed by atoms with E-state index in [1.54, 1.807) is 4.90 Å². The van der Waals surface area contributed by atoms with Crippen molar-refractivity contribution in [2.75, 3.05) is 20.6 Å². The van der Waals surface area contributed by atoms with E-state index in [9.17, 15) is 4.79 Å². The molecule has 1 N–H and O–H groups in total. The molecule has 1 aliphatic rings. The number of nitrogens with zero attached hydrogens (tertiary/aromatic N) is 1. The standard InChI is InChI=1S/C7H14N2O/c1-8-6-3-4-7(10)9(2)5-6/h6,8H,3-5H2,1-2H3/t6-/m1/s1. The van der Waals surface area contributed by atoms with E-state index in [1.807, 2.05) is 14.1 Å². The van der Waals surface area contributed by atoms with E-state index in [2.05, 4.69) is 5.32 Å². The Bertz CT molecular complexity index is 136. The van der Waals surface area contributed by atoms with Crippen LogP contribution in [-0.2, 0) is 4.79 Å². The molecule has 0 saturated carbocycles. The lowest BCUT2D eigenvalue weighted by atomic mass is 10.1. The predicted molar refractivity (Wildman–Crippen MR) is 39.7 cm³/mol. The normalized spacial score (nSPS) is 27.2. The first-order chi connectivity index (χ1) is 4.74. The first-order valence-electron chi connectivity index (χ1n) is 3.65. The number of carbonyl (C=O) groups excluding carboxylic acids is 1. The van der Waals surface area contributed by atoms with Crippen molar-refractivity contribution in [2.45, 2.75) is 18.9 Å². The Morgan fingerprint density at radius 3 is 2.90 bits per heavy atom. The van der Waals surface area contributed by atoms with Crippen molar-refractivity contribution in [3.05, 3.63) is 0 Å². The third-order valence-electron chi connectivity index (χ3n) is 2.03. The molecule has 0 aromatic rings. The Balaban J connectivity index is 2.40. The van der Waals surface area contributed by atoms with E-state index in [4.69, 9.17) is 0 Å². The minimum absolute atomic E-state index is 0.270. The summed E-state index contributed by atoms with van der Waals surface area (Å²) in [6, 6.07) is 0.502. The van der Waals surface area contributed by atoms with E-state index in [-0.39, 0.29) is 5.91 Å². The molecule has 1 heterocycles. The second-order valence-electron chi connectivity index (χ2n) is 2.80. The molecular formula is C7H14N2O. The maximum atomic E-state index is 11.0. The van der Waals surface area contributed by atoms with Gasteiger partial charge in [0.1, 0.15) is 0 Å². The molecule has 10 heavy (non-hydrogen) atoms. The van der Waals surface area contributed by atoms with Gasteiger partial charge in [0, 0.05) is 26.1 Å². The molecule has 0 bridgehead atoms. The summed E-state index contributed by atoms with van der Waals surface area (Å²) in [4.78, 5) is 12.7. The van der Waals surface area contributed by atoms with Crippen LogP contribution in [-0.4, -0.2) is 37.5 Å². The van der Waals surface area contributed by atoms with Gasteiger partial charge >= 0.3 is 0 Å². The molecule has 1 atom stereocenters. The molecule has 0 aliphatic carbocycles. The Kier molecular flexibility index (Phi) is 2.27. The second-order valence-corrected chi connectivity index (χ2v) is 2.80. The number of likely N-dealkylation sites (tertiary alicyclic amines) is 1. The Labute approximate surface area is 61.4 Å². The predicted octanol–water partition coefficient (Wildman–Crippen LogP) is -0.173. The van der Waals surface area contributed by atoms with Crippen molar-refractivity contribution in [2.24, 2.45) is 0 Å². The highest BCUT2D eigenvalue weighted by molar-refractivity contribution is 5.76. The lowest BCUT2D eigenvalue weighted by Gasteiger charge is -2.29. The molecule has 0 unspecified atom stereocenters. The van der Waals surface area contributed by atoms with Crippen molar-refractivity contribution in [1.82, 2.24) is 10.2 Å². The molecule has 3 nitrogen and oxygen atoms in total. The van der Waals surface area contributed by atoms with Crippen molar-refractivity contribution < 1.29 is 4.79 Å². The summed E-state index contributed by atoms with van der Waals surface area (Å²) in [5.41, 5.74) is 0. The highest BCUT2D eigenvalue weighted by Crippen LogP contribution is 2.08. The van der Waals surface area contributed by atoms with Crippen molar-refractivity contribution in [3.8, 4) is 0 Å². The molecule has 0 radical (unpaired) electrons. The minimum atomic E-state index is 0.270. The molecule has 0 aromatic carbocycles. The summed E-state index contributed by atoms with van der Waals surface area (Å²) in [5, 5.41) is 3.16. The summed E-state index contributed by atoms with van der Waals surface area (Å²) in [6.07, 6.45) is 1.68. The summed E-state index contributed by atoms with van der Waals surface area (Å²) in [7, 11) is 3.79. The zero-order valence-corrected chi connectivity index (χ0v) is 6.55. The summed E-state index contributed by atoms with van der Waals surface area (Å²) in [6.45, 7) is 0.856. The molecule has 0 aromatic heterocycles. The summed E-state index contributed by atoms with van der Waals surface area (Å²) in [5.74, 6) is 0.270. The molecule has 1 amide bonds. The van der Waals surface area contributed by atoms with Crippen molar-refractivity contribution in [3.63, 3.8) is 0 Å². The smallest absolute Gasteiger partial charge is 0.222 e. The number of nitrogens with one attached hydrogen (secondary N) is 1. The average Bonchev–Trinajstić information content (AvgIpc) is 1.95. The van der Waals surface area contributed by atoms with Crippen LogP contribution in [0.4, 0.5) is 0 Å². The molecule has 1 rings (SSSR count). The summed E-state index contributed by atoms with van der Waals surface area (Å²) < 4.78 is 0. The van der Waals surface area contributed by atoms with Gasteiger partial charge in [0.2, 0.25) is 5.91 Å². The van der Waals surface area contributed by atoms with E-state index < -0.39 is 0 Å². The lowest BCUT2D eigenvalue weighted by molar-refractivity contribution is -0.132. The number of hydrogen-bond acceptors (Lipinski definition) is 2. The van der Waals surface area contributed by atoms with Crippen LogP contribution in [0, 0.1) is 0 Å². The lowest BCUT2D eigenvalue weighted by Crippen LogP contribution is -2.45. The van der Waals surface area contributed by atoms with Crippen LogP contribution >= 0.6 is 0 Å². The third-order valence-corrected chi connectivity index (χ3v) is 2.03. The highest BCUT2D eigenvalue weighted by Gasteiger charge is 2.20. The van der Waals surface area contributed by atoms with E-state index >= 15 is 0 Å². The zero-order chi connectivity index (χ0) is 7.56. The summed E-state index contributed by atoms with van der Waals surface area (Å²) >= 11 is 0. The van der Waals surface area contributed by atoms with Crippen molar-refractivity contribution >= 4 is 5.91 Å². The topological polar surface area (TPSA) is 32.3 Å². The fourth-order valence-corrected chi connectivity index (χ4v) is 1.25.